The van der Waals surface area contributed by atoms with Gasteiger partial charge in [0.1, 0.15) is 0 Å². The number of nitrogens with one attached hydrogen (secondary N) is 1. The zero-order chi connectivity index (χ0) is 12.6. The van der Waals surface area contributed by atoms with Crippen LogP contribution in [0, 0.1) is 20.8 Å². The molecule has 1 aromatic rings. The molecule has 0 amide bonds. The lowest BCUT2D eigenvalue weighted by Gasteiger charge is -2.40. The second-order valence-electron chi connectivity index (χ2n) is 5.47. The number of nitrogens with zero attached hydrogens (tertiary/aromatic N) is 1. The predicted octanol–water partition coefficient (Wildman–Crippen LogP) is 2.58. The number of aryl methyl sites for hydroxylation is 3. The molecule has 17 heavy (non-hydrogen) atoms. The SMILES string of the molecule is Cc1cc(C)c(C(C)N(C)C2CNC2)c(C)c1. The normalized spacial score (nSPS) is 18.2. The molecule has 2 nitrogen and oxygen atoms in total. The molecule has 0 radical (unpaired) electrons. The van der Waals surface area contributed by atoms with E-state index in [2.05, 4.69) is 57.1 Å². The summed E-state index contributed by atoms with van der Waals surface area (Å²) in [5, 5.41) is 3.35. The van der Waals surface area contributed by atoms with E-state index in [0.29, 0.717) is 12.1 Å². The van der Waals surface area contributed by atoms with E-state index < -0.39 is 0 Å². The van der Waals surface area contributed by atoms with Gasteiger partial charge in [-0.25, -0.2) is 0 Å². The second-order valence-corrected chi connectivity index (χ2v) is 5.47. The van der Waals surface area contributed by atoms with Crippen LogP contribution < -0.4 is 5.32 Å². The maximum absolute atomic E-state index is 3.35. The number of rotatable bonds is 3. The van der Waals surface area contributed by atoms with Crippen molar-refractivity contribution in [2.45, 2.75) is 39.8 Å². The lowest BCUT2D eigenvalue weighted by Crippen LogP contribution is -2.56. The minimum Gasteiger partial charge on any atom is -0.314 e. The van der Waals surface area contributed by atoms with Crippen molar-refractivity contribution in [1.29, 1.82) is 0 Å². The molecule has 0 spiro atoms. The Morgan fingerprint density at radius 3 is 2.12 bits per heavy atom. The average Bonchev–Trinajstić information content (AvgIpc) is 2.12. The van der Waals surface area contributed by atoms with Crippen LogP contribution in [0.5, 0.6) is 0 Å². The zero-order valence-corrected chi connectivity index (χ0v) is 11.7. The van der Waals surface area contributed by atoms with Gasteiger partial charge in [-0.3, -0.25) is 4.90 Å². The molecule has 1 unspecified atom stereocenters. The van der Waals surface area contributed by atoms with Gasteiger partial charge in [0.05, 0.1) is 0 Å². The summed E-state index contributed by atoms with van der Waals surface area (Å²) in [6.45, 7) is 11.2. The van der Waals surface area contributed by atoms with Gasteiger partial charge < -0.3 is 5.32 Å². The van der Waals surface area contributed by atoms with Gasteiger partial charge in [0, 0.05) is 25.2 Å². The zero-order valence-electron chi connectivity index (χ0n) is 11.7. The number of hydrogen-bond donors (Lipinski definition) is 1. The Labute approximate surface area is 105 Å². The predicted molar refractivity (Wildman–Crippen MR) is 73.5 cm³/mol. The van der Waals surface area contributed by atoms with Crippen LogP contribution in [0.25, 0.3) is 0 Å². The van der Waals surface area contributed by atoms with Crippen molar-refractivity contribution in [3.8, 4) is 0 Å². The van der Waals surface area contributed by atoms with E-state index in [4.69, 9.17) is 0 Å². The lowest BCUT2D eigenvalue weighted by atomic mass is 9.93. The third kappa shape index (κ3) is 2.38. The molecule has 1 atom stereocenters. The van der Waals surface area contributed by atoms with Gasteiger partial charge in [0.15, 0.2) is 0 Å². The standard InChI is InChI=1S/C15H24N2/c1-10-6-11(2)15(12(3)7-10)13(4)17(5)14-8-16-9-14/h6-7,13-14,16H,8-9H2,1-5H3. The third-order valence-corrected chi connectivity index (χ3v) is 4.10. The van der Waals surface area contributed by atoms with Crippen molar-refractivity contribution in [3.63, 3.8) is 0 Å². The first-order chi connectivity index (χ1) is 8.00. The van der Waals surface area contributed by atoms with Crippen molar-refractivity contribution in [2.75, 3.05) is 20.1 Å². The highest BCUT2D eigenvalue weighted by Gasteiger charge is 2.27. The van der Waals surface area contributed by atoms with Gasteiger partial charge in [-0.2, -0.15) is 0 Å². The summed E-state index contributed by atoms with van der Waals surface area (Å²) in [6.07, 6.45) is 0. The summed E-state index contributed by atoms with van der Waals surface area (Å²) in [6, 6.07) is 5.80. The van der Waals surface area contributed by atoms with Crippen molar-refractivity contribution in [2.24, 2.45) is 0 Å². The van der Waals surface area contributed by atoms with E-state index in [1.807, 2.05) is 0 Å². The van der Waals surface area contributed by atoms with Crippen molar-refractivity contribution < 1.29 is 0 Å². The first kappa shape index (κ1) is 12.6. The Morgan fingerprint density at radius 1 is 1.18 bits per heavy atom. The van der Waals surface area contributed by atoms with Crippen LogP contribution in [0.15, 0.2) is 12.1 Å². The van der Waals surface area contributed by atoms with E-state index in [1.165, 1.54) is 22.3 Å². The first-order valence-corrected chi connectivity index (χ1v) is 6.51. The molecule has 1 aliphatic rings. The minimum atomic E-state index is 0.502. The fourth-order valence-corrected chi connectivity index (χ4v) is 2.93. The molecule has 94 valence electrons. The molecule has 1 N–H and O–H groups in total. The van der Waals surface area contributed by atoms with Crippen LogP contribution in [-0.4, -0.2) is 31.1 Å². The lowest BCUT2D eigenvalue weighted by molar-refractivity contribution is 0.136. The Bertz CT molecular complexity index is 384. The molecule has 1 saturated heterocycles. The van der Waals surface area contributed by atoms with Gasteiger partial charge in [-0.1, -0.05) is 17.7 Å². The molecule has 2 heteroatoms. The summed E-state index contributed by atoms with van der Waals surface area (Å²) < 4.78 is 0. The highest BCUT2D eigenvalue weighted by molar-refractivity contribution is 5.39. The molecule has 1 aliphatic heterocycles. The molecule has 2 rings (SSSR count). The van der Waals surface area contributed by atoms with E-state index in [-0.39, 0.29) is 0 Å². The fourth-order valence-electron chi connectivity index (χ4n) is 2.93. The molecular formula is C15H24N2. The van der Waals surface area contributed by atoms with Crippen LogP contribution in [0.1, 0.15) is 35.2 Å². The second kappa shape index (κ2) is 4.79. The Hall–Kier alpha value is -0.860. The Kier molecular flexibility index (Phi) is 3.55. The van der Waals surface area contributed by atoms with Gasteiger partial charge in [-0.15, -0.1) is 0 Å². The summed E-state index contributed by atoms with van der Waals surface area (Å²) in [5.41, 5.74) is 5.72. The van der Waals surface area contributed by atoms with Crippen molar-refractivity contribution in [3.05, 3.63) is 34.4 Å². The summed E-state index contributed by atoms with van der Waals surface area (Å²) in [5.74, 6) is 0. The first-order valence-electron chi connectivity index (χ1n) is 6.51. The summed E-state index contributed by atoms with van der Waals surface area (Å²) in [7, 11) is 2.24. The largest absolute Gasteiger partial charge is 0.314 e. The molecule has 1 fully saturated rings. The van der Waals surface area contributed by atoms with Crippen LogP contribution >= 0.6 is 0 Å². The smallest absolute Gasteiger partial charge is 0.0348 e. The van der Waals surface area contributed by atoms with Crippen LogP contribution in [-0.2, 0) is 0 Å². The highest BCUT2D eigenvalue weighted by Crippen LogP contribution is 2.28. The molecule has 0 aromatic heterocycles. The highest BCUT2D eigenvalue weighted by atomic mass is 15.2. The van der Waals surface area contributed by atoms with Gasteiger partial charge in [0.25, 0.3) is 0 Å². The maximum atomic E-state index is 3.35. The number of likely N-dealkylation sites (N-methyl/N-ethyl adjacent to an activating group) is 1. The molecular weight excluding hydrogens is 208 g/mol. The van der Waals surface area contributed by atoms with Crippen LogP contribution in [0.4, 0.5) is 0 Å². The number of benzene rings is 1. The van der Waals surface area contributed by atoms with E-state index >= 15 is 0 Å². The van der Waals surface area contributed by atoms with Crippen molar-refractivity contribution in [1.82, 2.24) is 10.2 Å². The Balaban J connectivity index is 2.26. The Morgan fingerprint density at radius 2 is 1.71 bits per heavy atom. The summed E-state index contributed by atoms with van der Waals surface area (Å²) in [4.78, 5) is 2.50. The van der Waals surface area contributed by atoms with Gasteiger partial charge >= 0.3 is 0 Å². The monoisotopic (exact) mass is 232 g/mol. The molecule has 0 bridgehead atoms. The summed E-state index contributed by atoms with van der Waals surface area (Å²) >= 11 is 0. The van der Waals surface area contributed by atoms with E-state index in [1.54, 1.807) is 0 Å². The van der Waals surface area contributed by atoms with Crippen LogP contribution in [0.3, 0.4) is 0 Å². The van der Waals surface area contributed by atoms with E-state index in [9.17, 15) is 0 Å². The molecule has 1 aromatic carbocycles. The quantitative estimate of drug-likeness (QED) is 0.861. The third-order valence-electron chi connectivity index (χ3n) is 4.10. The van der Waals surface area contributed by atoms with Crippen molar-refractivity contribution >= 4 is 0 Å². The topological polar surface area (TPSA) is 15.3 Å². The van der Waals surface area contributed by atoms with Crippen LogP contribution in [0.2, 0.25) is 0 Å². The van der Waals surface area contributed by atoms with E-state index in [0.717, 1.165) is 13.1 Å². The minimum absolute atomic E-state index is 0.502. The maximum Gasteiger partial charge on any atom is 0.0348 e. The number of hydrogen-bond acceptors (Lipinski definition) is 2. The average molecular weight is 232 g/mol. The van der Waals surface area contributed by atoms with Gasteiger partial charge in [0.2, 0.25) is 0 Å². The molecule has 1 heterocycles. The molecule has 0 aliphatic carbocycles. The fraction of sp³-hybridized carbons (Fsp3) is 0.600. The molecule has 0 saturated carbocycles. The van der Waals surface area contributed by atoms with Gasteiger partial charge in [-0.05, 0) is 51.4 Å².